The molecule has 0 aliphatic carbocycles. The van der Waals surface area contributed by atoms with E-state index in [0.29, 0.717) is 18.4 Å². The van der Waals surface area contributed by atoms with E-state index in [9.17, 15) is 15.0 Å². The first-order valence-electron chi connectivity index (χ1n) is 4.74. The molecule has 4 nitrogen and oxygen atoms in total. The molecular weight excluding hydrogens is 196 g/mol. The van der Waals surface area contributed by atoms with Gasteiger partial charge in [-0.05, 0) is 36.6 Å². The van der Waals surface area contributed by atoms with Crippen LogP contribution < -0.4 is 0 Å². The van der Waals surface area contributed by atoms with Crippen LogP contribution in [0, 0.1) is 5.92 Å². The summed E-state index contributed by atoms with van der Waals surface area (Å²) in [5.41, 5.74) is 0.572. The summed E-state index contributed by atoms with van der Waals surface area (Å²) in [5.74, 6) is -1.14. The quantitative estimate of drug-likeness (QED) is 0.661. The molecule has 1 rings (SSSR count). The van der Waals surface area contributed by atoms with Gasteiger partial charge in [-0.2, -0.15) is 0 Å². The van der Waals surface area contributed by atoms with E-state index in [0.717, 1.165) is 0 Å². The van der Waals surface area contributed by atoms with Crippen LogP contribution in [0.3, 0.4) is 0 Å². The van der Waals surface area contributed by atoms with Gasteiger partial charge < -0.3 is 15.3 Å². The zero-order chi connectivity index (χ0) is 11.4. The second-order valence-corrected chi connectivity index (χ2v) is 3.59. The number of hydrogen-bond acceptors (Lipinski definition) is 3. The highest BCUT2D eigenvalue weighted by atomic mass is 16.4. The Morgan fingerprint density at radius 3 is 2.67 bits per heavy atom. The molecule has 0 aliphatic rings. The van der Waals surface area contributed by atoms with E-state index in [1.807, 2.05) is 0 Å². The smallest absolute Gasteiger partial charge is 0.306 e. The standard InChI is InChI=1S/C11H14O4/c1-7(11(14)15)2-3-8-6-9(12)4-5-10(8)13/h4-7,12-13H,2-3H2,1H3,(H,14,15). The van der Waals surface area contributed by atoms with Crippen LogP contribution in [0.15, 0.2) is 18.2 Å². The van der Waals surface area contributed by atoms with E-state index in [1.54, 1.807) is 6.92 Å². The molecule has 0 heterocycles. The Balaban J connectivity index is 2.65. The first-order chi connectivity index (χ1) is 7.00. The minimum Gasteiger partial charge on any atom is -0.508 e. The molecule has 1 aromatic carbocycles. The number of hydrogen-bond donors (Lipinski definition) is 3. The van der Waals surface area contributed by atoms with Crippen LogP contribution in [0.2, 0.25) is 0 Å². The Morgan fingerprint density at radius 2 is 2.07 bits per heavy atom. The van der Waals surface area contributed by atoms with Crippen molar-refractivity contribution in [2.24, 2.45) is 5.92 Å². The molecule has 0 aromatic heterocycles. The van der Waals surface area contributed by atoms with E-state index in [-0.39, 0.29) is 11.5 Å². The summed E-state index contributed by atoms with van der Waals surface area (Å²) in [6.45, 7) is 1.61. The fourth-order valence-electron chi connectivity index (χ4n) is 1.27. The Morgan fingerprint density at radius 1 is 1.40 bits per heavy atom. The van der Waals surface area contributed by atoms with Crippen LogP contribution in [-0.2, 0) is 11.2 Å². The molecular formula is C11H14O4. The van der Waals surface area contributed by atoms with Crippen LogP contribution in [0.5, 0.6) is 11.5 Å². The Labute approximate surface area is 87.8 Å². The normalized spacial score (nSPS) is 12.3. The van der Waals surface area contributed by atoms with Crippen LogP contribution in [0.25, 0.3) is 0 Å². The van der Waals surface area contributed by atoms with Crippen molar-refractivity contribution in [3.63, 3.8) is 0 Å². The van der Waals surface area contributed by atoms with Crippen LogP contribution in [0.1, 0.15) is 18.9 Å². The molecule has 0 bridgehead atoms. The third kappa shape index (κ3) is 3.16. The average Bonchev–Trinajstić information content (AvgIpc) is 2.18. The first kappa shape index (κ1) is 11.4. The van der Waals surface area contributed by atoms with E-state index in [1.165, 1.54) is 18.2 Å². The largest absolute Gasteiger partial charge is 0.508 e. The predicted octanol–water partition coefficient (Wildman–Crippen LogP) is 1.75. The molecule has 0 saturated carbocycles. The summed E-state index contributed by atoms with van der Waals surface area (Å²) in [4.78, 5) is 10.6. The summed E-state index contributed by atoms with van der Waals surface area (Å²) in [7, 11) is 0. The van der Waals surface area contributed by atoms with Gasteiger partial charge in [0.1, 0.15) is 11.5 Å². The molecule has 0 saturated heterocycles. The van der Waals surface area contributed by atoms with Crippen molar-refractivity contribution in [1.29, 1.82) is 0 Å². The number of phenols is 2. The molecule has 4 heteroatoms. The highest BCUT2D eigenvalue weighted by molar-refractivity contribution is 5.69. The lowest BCUT2D eigenvalue weighted by Crippen LogP contribution is -2.10. The number of benzene rings is 1. The van der Waals surface area contributed by atoms with Crippen LogP contribution in [-0.4, -0.2) is 21.3 Å². The lowest BCUT2D eigenvalue weighted by atomic mass is 10.0. The second-order valence-electron chi connectivity index (χ2n) is 3.59. The highest BCUT2D eigenvalue weighted by Crippen LogP contribution is 2.24. The number of aryl methyl sites for hydroxylation is 1. The molecule has 15 heavy (non-hydrogen) atoms. The topological polar surface area (TPSA) is 77.8 Å². The van der Waals surface area contributed by atoms with Crippen molar-refractivity contribution in [3.8, 4) is 11.5 Å². The fraction of sp³-hybridized carbons (Fsp3) is 0.364. The number of aromatic hydroxyl groups is 2. The summed E-state index contributed by atoms with van der Waals surface area (Å²) < 4.78 is 0. The molecule has 0 fully saturated rings. The Kier molecular flexibility index (Phi) is 3.55. The second kappa shape index (κ2) is 4.68. The molecule has 1 aromatic rings. The van der Waals surface area contributed by atoms with Crippen molar-refractivity contribution >= 4 is 5.97 Å². The lowest BCUT2D eigenvalue weighted by molar-refractivity contribution is -0.141. The maximum Gasteiger partial charge on any atom is 0.306 e. The van der Waals surface area contributed by atoms with Gasteiger partial charge in [-0.1, -0.05) is 6.92 Å². The molecule has 3 N–H and O–H groups in total. The third-order valence-corrected chi connectivity index (χ3v) is 2.33. The van der Waals surface area contributed by atoms with Gasteiger partial charge >= 0.3 is 5.97 Å². The van der Waals surface area contributed by atoms with E-state index in [4.69, 9.17) is 5.11 Å². The van der Waals surface area contributed by atoms with E-state index >= 15 is 0 Å². The van der Waals surface area contributed by atoms with E-state index in [2.05, 4.69) is 0 Å². The molecule has 1 atom stereocenters. The van der Waals surface area contributed by atoms with Crippen molar-refractivity contribution < 1.29 is 20.1 Å². The van der Waals surface area contributed by atoms with Crippen LogP contribution >= 0.6 is 0 Å². The number of phenolic OH excluding ortho intramolecular Hbond substituents is 2. The van der Waals surface area contributed by atoms with Crippen molar-refractivity contribution in [2.75, 3.05) is 0 Å². The van der Waals surface area contributed by atoms with Gasteiger partial charge in [0.25, 0.3) is 0 Å². The number of carboxylic acid groups (broad SMARTS) is 1. The molecule has 0 amide bonds. The number of rotatable bonds is 4. The minimum absolute atomic E-state index is 0.0748. The van der Waals surface area contributed by atoms with Crippen molar-refractivity contribution in [1.82, 2.24) is 0 Å². The van der Waals surface area contributed by atoms with Gasteiger partial charge in [-0.25, -0.2) is 0 Å². The van der Waals surface area contributed by atoms with Crippen molar-refractivity contribution in [3.05, 3.63) is 23.8 Å². The summed E-state index contributed by atoms with van der Waals surface area (Å²) in [6, 6.07) is 4.24. The summed E-state index contributed by atoms with van der Waals surface area (Å²) in [5, 5.41) is 27.3. The zero-order valence-corrected chi connectivity index (χ0v) is 8.47. The van der Waals surface area contributed by atoms with Gasteiger partial charge in [-0.15, -0.1) is 0 Å². The van der Waals surface area contributed by atoms with Gasteiger partial charge in [0.15, 0.2) is 0 Å². The van der Waals surface area contributed by atoms with Gasteiger partial charge in [0.05, 0.1) is 5.92 Å². The number of carboxylic acids is 1. The third-order valence-electron chi connectivity index (χ3n) is 2.33. The van der Waals surface area contributed by atoms with Gasteiger partial charge in [0, 0.05) is 0 Å². The Bertz CT molecular complexity index is 360. The molecule has 0 aliphatic heterocycles. The Hall–Kier alpha value is -1.71. The van der Waals surface area contributed by atoms with Crippen LogP contribution in [0.4, 0.5) is 0 Å². The summed E-state index contributed by atoms with van der Waals surface area (Å²) in [6.07, 6.45) is 0.875. The molecule has 82 valence electrons. The lowest BCUT2D eigenvalue weighted by Gasteiger charge is -2.07. The minimum atomic E-state index is -0.852. The van der Waals surface area contributed by atoms with Crippen molar-refractivity contribution in [2.45, 2.75) is 19.8 Å². The molecule has 0 spiro atoms. The maximum absolute atomic E-state index is 10.6. The first-order valence-corrected chi connectivity index (χ1v) is 4.74. The maximum atomic E-state index is 10.6. The highest BCUT2D eigenvalue weighted by Gasteiger charge is 2.12. The number of aliphatic carboxylic acids is 1. The van der Waals surface area contributed by atoms with E-state index < -0.39 is 11.9 Å². The zero-order valence-electron chi connectivity index (χ0n) is 8.47. The number of carbonyl (C=O) groups is 1. The molecule has 0 radical (unpaired) electrons. The fourth-order valence-corrected chi connectivity index (χ4v) is 1.27. The predicted molar refractivity (Wildman–Crippen MR) is 54.9 cm³/mol. The SMILES string of the molecule is CC(CCc1cc(O)ccc1O)C(=O)O. The monoisotopic (exact) mass is 210 g/mol. The van der Waals surface area contributed by atoms with Gasteiger partial charge in [-0.3, -0.25) is 4.79 Å². The van der Waals surface area contributed by atoms with Gasteiger partial charge in [0.2, 0.25) is 0 Å². The average molecular weight is 210 g/mol. The molecule has 1 unspecified atom stereocenters. The summed E-state index contributed by atoms with van der Waals surface area (Å²) >= 11 is 0.